The second kappa shape index (κ2) is 11.1. The van der Waals surface area contributed by atoms with Crippen LogP contribution in [0, 0.1) is 11.7 Å². The molecule has 0 radical (unpaired) electrons. The van der Waals surface area contributed by atoms with Crippen LogP contribution in [0.4, 0.5) is 4.39 Å². The zero-order valence-corrected chi connectivity index (χ0v) is 25.1. The Morgan fingerprint density at radius 2 is 1.98 bits per heavy atom. The number of methoxy groups -OCH3 is 1. The number of Topliss-reactive ketones (excluding diaryl/α,β-unsaturated/α-hetero) is 1. The maximum atomic E-state index is 14.0. The molecule has 3 aromatic rings. The molecule has 1 aromatic heterocycles. The Morgan fingerprint density at radius 3 is 2.65 bits per heavy atom. The molecular formula is C33H34ClFN2O6. The summed E-state index contributed by atoms with van der Waals surface area (Å²) in [5.41, 5.74) is 1.15. The van der Waals surface area contributed by atoms with Gasteiger partial charge in [0.25, 0.3) is 5.91 Å². The van der Waals surface area contributed by atoms with E-state index < -0.39 is 17.5 Å². The lowest BCUT2D eigenvalue weighted by molar-refractivity contribution is -0.124. The first-order valence-corrected chi connectivity index (χ1v) is 14.9. The van der Waals surface area contributed by atoms with Crippen molar-refractivity contribution in [3.05, 3.63) is 70.1 Å². The Labute approximate surface area is 254 Å². The molecule has 1 aliphatic carbocycles. The average Bonchev–Trinajstić information content (AvgIpc) is 3.72. The number of pyridine rings is 1. The quantitative estimate of drug-likeness (QED) is 0.282. The number of amides is 1. The SMILES string of the molecule is COc1cc(C(=O)CCC(O)(c2cc3c(c(-c4ccc(F)c(Cl)c4)n2)OCC3(C)C)C2CC2)ccc1OC1CCNC1=O. The van der Waals surface area contributed by atoms with E-state index in [-0.39, 0.29) is 40.9 Å². The van der Waals surface area contributed by atoms with Gasteiger partial charge in [0.05, 0.1) is 24.4 Å². The average molecular weight is 609 g/mol. The van der Waals surface area contributed by atoms with Gasteiger partial charge in [-0.2, -0.15) is 0 Å². The summed E-state index contributed by atoms with van der Waals surface area (Å²) >= 11 is 6.12. The Balaban J connectivity index is 1.29. The molecule has 2 atom stereocenters. The van der Waals surface area contributed by atoms with Crippen molar-refractivity contribution in [1.82, 2.24) is 10.3 Å². The number of hydrogen-bond acceptors (Lipinski definition) is 7. The number of fused-ring (bicyclic) bond motifs is 1. The van der Waals surface area contributed by atoms with E-state index in [0.29, 0.717) is 59.3 Å². The second-order valence-corrected chi connectivity index (χ2v) is 12.6. The third-order valence-electron chi connectivity index (χ3n) is 8.66. The highest BCUT2D eigenvalue weighted by molar-refractivity contribution is 6.31. The molecular weight excluding hydrogens is 575 g/mol. The van der Waals surface area contributed by atoms with Crippen LogP contribution in [-0.2, 0) is 15.8 Å². The molecule has 2 N–H and O–H groups in total. The molecule has 43 heavy (non-hydrogen) atoms. The Morgan fingerprint density at radius 1 is 1.19 bits per heavy atom. The van der Waals surface area contributed by atoms with Gasteiger partial charge >= 0.3 is 0 Å². The molecule has 3 heterocycles. The lowest BCUT2D eigenvalue weighted by Gasteiger charge is -2.29. The standard InChI is InChI=1S/C33H34ClFN2O6/c1-32(2)17-42-30-21(32)16-28(37-29(30)19-4-8-23(35)22(34)14-19)33(40,20-6-7-20)12-10-24(38)18-5-9-25(27(15-18)41-3)43-26-11-13-36-31(26)39/h4-5,8-9,14-16,20,26,40H,6-7,10-13,17H2,1-3H3,(H,36,39). The fourth-order valence-electron chi connectivity index (χ4n) is 5.90. The van der Waals surface area contributed by atoms with Gasteiger partial charge in [0, 0.05) is 41.5 Å². The summed E-state index contributed by atoms with van der Waals surface area (Å²) in [5, 5.41) is 14.9. The van der Waals surface area contributed by atoms with Crippen molar-refractivity contribution in [3.63, 3.8) is 0 Å². The van der Waals surface area contributed by atoms with Gasteiger partial charge in [-0.15, -0.1) is 0 Å². The lowest BCUT2D eigenvalue weighted by Crippen LogP contribution is -2.31. The maximum Gasteiger partial charge on any atom is 0.261 e. The number of benzene rings is 2. The number of ether oxygens (including phenoxy) is 3. The van der Waals surface area contributed by atoms with Crippen molar-refractivity contribution in [3.8, 4) is 28.5 Å². The highest BCUT2D eigenvalue weighted by Gasteiger charge is 2.48. The minimum atomic E-state index is -1.36. The number of ketones is 1. The van der Waals surface area contributed by atoms with Crippen LogP contribution in [0.2, 0.25) is 5.02 Å². The van der Waals surface area contributed by atoms with E-state index in [9.17, 15) is 19.1 Å². The smallest absolute Gasteiger partial charge is 0.261 e. The predicted octanol–water partition coefficient (Wildman–Crippen LogP) is 5.75. The number of aliphatic hydroxyl groups is 1. The summed E-state index contributed by atoms with van der Waals surface area (Å²) in [5.74, 6) is 0.399. The Kier molecular flexibility index (Phi) is 7.59. The highest BCUT2D eigenvalue weighted by atomic mass is 35.5. The number of aromatic nitrogens is 1. The molecule has 226 valence electrons. The van der Waals surface area contributed by atoms with Gasteiger partial charge in [-0.05, 0) is 67.6 Å². The number of carbonyl (C=O) groups excluding carboxylic acids is 2. The first-order chi connectivity index (χ1) is 20.5. The number of nitrogens with one attached hydrogen (secondary N) is 1. The topological polar surface area (TPSA) is 107 Å². The number of hydrogen-bond donors (Lipinski definition) is 2. The van der Waals surface area contributed by atoms with Crippen molar-refractivity contribution in [1.29, 1.82) is 0 Å². The molecule has 2 fully saturated rings. The molecule has 3 aliphatic rings. The van der Waals surface area contributed by atoms with E-state index >= 15 is 0 Å². The van der Waals surface area contributed by atoms with Gasteiger partial charge in [-0.1, -0.05) is 25.4 Å². The summed E-state index contributed by atoms with van der Waals surface area (Å²) < 4.78 is 31.4. The van der Waals surface area contributed by atoms with Crippen molar-refractivity contribution in [2.24, 2.45) is 5.92 Å². The monoisotopic (exact) mass is 608 g/mol. The molecule has 1 amide bonds. The minimum absolute atomic E-state index is 0.0304. The number of rotatable bonds is 10. The molecule has 1 saturated heterocycles. The first-order valence-electron chi connectivity index (χ1n) is 14.5. The van der Waals surface area contributed by atoms with Gasteiger partial charge in [-0.3, -0.25) is 9.59 Å². The second-order valence-electron chi connectivity index (χ2n) is 12.2. The van der Waals surface area contributed by atoms with E-state index in [1.165, 1.54) is 19.2 Å². The predicted molar refractivity (Wildman–Crippen MR) is 158 cm³/mol. The summed E-state index contributed by atoms with van der Waals surface area (Å²) in [6, 6.07) is 11.2. The van der Waals surface area contributed by atoms with Crippen LogP contribution in [0.1, 0.15) is 67.6 Å². The third-order valence-corrected chi connectivity index (χ3v) is 8.94. The number of nitrogens with zero attached hydrogens (tertiary/aromatic N) is 1. The molecule has 8 nitrogen and oxygen atoms in total. The summed E-state index contributed by atoms with van der Waals surface area (Å²) in [7, 11) is 1.48. The zero-order valence-electron chi connectivity index (χ0n) is 24.3. The van der Waals surface area contributed by atoms with Gasteiger partial charge in [0.15, 0.2) is 23.4 Å². The number of halogens is 2. The van der Waals surface area contributed by atoms with Crippen LogP contribution in [0.5, 0.6) is 17.2 Å². The van der Waals surface area contributed by atoms with Crippen LogP contribution in [-0.4, -0.2) is 48.1 Å². The molecule has 2 aromatic carbocycles. The van der Waals surface area contributed by atoms with Crippen LogP contribution in [0.15, 0.2) is 42.5 Å². The van der Waals surface area contributed by atoms with Crippen molar-refractivity contribution in [2.75, 3.05) is 20.3 Å². The van der Waals surface area contributed by atoms with Crippen LogP contribution < -0.4 is 19.5 Å². The largest absolute Gasteiger partial charge is 0.493 e. The van der Waals surface area contributed by atoms with E-state index in [0.717, 1.165) is 18.4 Å². The molecule has 10 heteroatoms. The normalized spacial score (nSPS) is 20.1. The third kappa shape index (κ3) is 5.56. The Hall–Kier alpha value is -3.69. The van der Waals surface area contributed by atoms with Gasteiger partial charge in [-0.25, -0.2) is 9.37 Å². The molecule has 0 spiro atoms. The fourth-order valence-corrected chi connectivity index (χ4v) is 6.08. The Bertz CT molecular complexity index is 1610. The summed E-state index contributed by atoms with van der Waals surface area (Å²) in [6.45, 7) is 5.10. The first kappa shape index (κ1) is 29.4. The van der Waals surface area contributed by atoms with Crippen LogP contribution in [0.3, 0.4) is 0 Å². The summed E-state index contributed by atoms with van der Waals surface area (Å²) in [6.07, 6.45) is 1.81. The maximum absolute atomic E-state index is 14.0. The van der Waals surface area contributed by atoms with Gasteiger partial charge in [0.1, 0.15) is 22.9 Å². The fraction of sp³-hybridized carbons (Fsp3) is 0.424. The number of carbonyl (C=O) groups is 2. The van der Waals surface area contributed by atoms with Crippen molar-refractivity contribution in [2.45, 2.75) is 63.1 Å². The highest BCUT2D eigenvalue weighted by Crippen LogP contribution is 2.52. The lowest BCUT2D eigenvalue weighted by atomic mass is 9.81. The van der Waals surface area contributed by atoms with E-state index in [4.69, 9.17) is 30.8 Å². The van der Waals surface area contributed by atoms with E-state index in [1.54, 1.807) is 24.3 Å². The molecule has 6 rings (SSSR count). The van der Waals surface area contributed by atoms with Gasteiger partial charge < -0.3 is 24.6 Å². The molecule has 2 aliphatic heterocycles. The minimum Gasteiger partial charge on any atom is -0.493 e. The van der Waals surface area contributed by atoms with E-state index in [1.807, 2.05) is 6.07 Å². The molecule has 1 saturated carbocycles. The molecule has 0 bridgehead atoms. The van der Waals surface area contributed by atoms with Crippen molar-refractivity contribution < 1.29 is 33.3 Å². The van der Waals surface area contributed by atoms with Crippen molar-refractivity contribution >= 4 is 23.3 Å². The molecule has 2 unspecified atom stereocenters. The van der Waals surface area contributed by atoms with Crippen LogP contribution in [0.25, 0.3) is 11.3 Å². The summed E-state index contributed by atoms with van der Waals surface area (Å²) in [4.78, 5) is 30.3. The zero-order chi connectivity index (χ0) is 30.5. The van der Waals surface area contributed by atoms with Gasteiger partial charge in [0.2, 0.25) is 0 Å². The van der Waals surface area contributed by atoms with E-state index in [2.05, 4.69) is 19.2 Å². The van der Waals surface area contributed by atoms with Crippen LogP contribution >= 0.6 is 11.6 Å².